The highest BCUT2D eigenvalue weighted by molar-refractivity contribution is 6.60. The van der Waals surface area contributed by atoms with Crippen molar-refractivity contribution in [2.45, 2.75) is 33.2 Å². The number of hydrogen-bond donors (Lipinski definition) is 2. The molecule has 0 spiro atoms. The molecule has 15 heavy (non-hydrogen) atoms. The minimum absolute atomic E-state index is 0.530. The van der Waals surface area contributed by atoms with Crippen molar-refractivity contribution in [3.05, 3.63) is 0 Å². The van der Waals surface area contributed by atoms with Crippen LogP contribution in [0.1, 0.15) is 27.2 Å². The second kappa shape index (κ2) is 9.26. The van der Waals surface area contributed by atoms with Gasteiger partial charge in [0.2, 0.25) is 0 Å². The zero-order valence-corrected chi connectivity index (χ0v) is 10.9. The predicted molar refractivity (Wildman–Crippen MR) is 59.8 cm³/mol. The fraction of sp³-hybridized carbons (Fsp3) is 1.00. The van der Waals surface area contributed by atoms with E-state index in [9.17, 15) is 0 Å². The Labute approximate surface area is 93.0 Å². The molecule has 0 atom stereocenters. The summed E-state index contributed by atoms with van der Waals surface area (Å²) in [4.78, 5) is 0. The molecule has 0 aromatic carbocycles. The third kappa shape index (κ3) is 6.24. The lowest BCUT2D eigenvalue weighted by molar-refractivity contribution is 0.0696. The Morgan fingerprint density at radius 3 is 1.80 bits per heavy atom. The molecule has 0 saturated carbocycles. The lowest BCUT2D eigenvalue weighted by Crippen LogP contribution is -2.46. The molecule has 0 aromatic heterocycles. The van der Waals surface area contributed by atoms with Crippen molar-refractivity contribution in [1.82, 2.24) is 5.48 Å². The van der Waals surface area contributed by atoms with Crippen LogP contribution in [0.3, 0.4) is 0 Å². The quantitative estimate of drug-likeness (QED) is 0.342. The highest BCUT2D eigenvalue weighted by Crippen LogP contribution is 2.17. The van der Waals surface area contributed by atoms with Crippen molar-refractivity contribution < 1.29 is 18.5 Å². The van der Waals surface area contributed by atoms with E-state index in [-0.39, 0.29) is 0 Å². The Morgan fingerprint density at radius 2 is 1.47 bits per heavy atom. The van der Waals surface area contributed by atoms with Crippen LogP contribution in [0.25, 0.3) is 0 Å². The largest absolute Gasteiger partial charge is 0.500 e. The summed E-state index contributed by atoms with van der Waals surface area (Å²) >= 11 is 0. The fourth-order valence-corrected chi connectivity index (χ4v) is 4.00. The van der Waals surface area contributed by atoms with Gasteiger partial charge >= 0.3 is 8.80 Å². The van der Waals surface area contributed by atoms with Crippen molar-refractivity contribution in [2.24, 2.45) is 0 Å². The second-order valence-corrected chi connectivity index (χ2v) is 5.73. The molecule has 0 radical (unpaired) electrons. The van der Waals surface area contributed by atoms with Gasteiger partial charge in [0.25, 0.3) is 0 Å². The van der Waals surface area contributed by atoms with E-state index in [1.54, 1.807) is 0 Å². The Morgan fingerprint density at radius 1 is 1.00 bits per heavy atom. The number of hydroxylamine groups is 1. The molecule has 92 valence electrons. The van der Waals surface area contributed by atoms with Crippen LogP contribution in [0.2, 0.25) is 6.04 Å². The van der Waals surface area contributed by atoms with Gasteiger partial charge in [0, 0.05) is 32.4 Å². The van der Waals surface area contributed by atoms with Gasteiger partial charge in [-0.15, -0.1) is 0 Å². The van der Waals surface area contributed by atoms with Gasteiger partial charge in [-0.05, 0) is 27.2 Å². The summed E-state index contributed by atoms with van der Waals surface area (Å²) < 4.78 is 16.9. The number of nitrogens with one attached hydrogen (secondary N) is 1. The van der Waals surface area contributed by atoms with E-state index in [0.717, 1.165) is 12.5 Å². The van der Waals surface area contributed by atoms with Crippen molar-refractivity contribution in [2.75, 3.05) is 26.4 Å². The van der Waals surface area contributed by atoms with Crippen LogP contribution in [0.4, 0.5) is 0 Å². The Balaban J connectivity index is 4.18. The molecule has 0 rings (SSSR count). The molecule has 0 heterocycles. The monoisotopic (exact) mass is 237 g/mol. The van der Waals surface area contributed by atoms with E-state index < -0.39 is 8.80 Å². The summed E-state index contributed by atoms with van der Waals surface area (Å²) in [5, 5.41) is 8.50. The van der Waals surface area contributed by atoms with Crippen LogP contribution in [0, 0.1) is 0 Å². The second-order valence-electron chi connectivity index (χ2n) is 2.99. The van der Waals surface area contributed by atoms with Gasteiger partial charge in [0.15, 0.2) is 0 Å². The zero-order valence-electron chi connectivity index (χ0n) is 9.91. The predicted octanol–water partition coefficient (Wildman–Crippen LogP) is 1.40. The summed E-state index contributed by atoms with van der Waals surface area (Å²) in [5.41, 5.74) is 2.12. The molecular formula is C9H23NO4Si. The van der Waals surface area contributed by atoms with E-state index in [2.05, 4.69) is 5.48 Å². The van der Waals surface area contributed by atoms with Crippen LogP contribution in [-0.2, 0) is 13.3 Å². The van der Waals surface area contributed by atoms with E-state index in [1.807, 2.05) is 20.8 Å². The average molecular weight is 237 g/mol. The van der Waals surface area contributed by atoms with E-state index >= 15 is 0 Å². The van der Waals surface area contributed by atoms with Gasteiger partial charge in [-0.2, -0.15) is 0 Å². The van der Waals surface area contributed by atoms with Crippen LogP contribution >= 0.6 is 0 Å². The third-order valence-electron chi connectivity index (χ3n) is 1.86. The molecular weight excluding hydrogens is 214 g/mol. The Kier molecular flexibility index (Phi) is 9.27. The minimum atomic E-state index is -2.48. The van der Waals surface area contributed by atoms with Crippen LogP contribution in [-0.4, -0.2) is 40.4 Å². The summed E-state index contributed by atoms with van der Waals surface area (Å²) in [5.74, 6) is 0. The van der Waals surface area contributed by atoms with Crippen molar-refractivity contribution in [3.8, 4) is 0 Å². The summed E-state index contributed by atoms with van der Waals surface area (Å²) in [7, 11) is -2.48. The van der Waals surface area contributed by atoms with Crippen LogP contribution in [0.5, 0.6) is 0 Å². The Bertz CT molecular complexity index is 131. The Hall–Kier alpha value is 0.0169. The van der Waals surface area contributed by atoms with Crippen molar-refractivity contribution in [3.63, 3.8) is 0 Å². The van der Waals surface area contributed by atoms with Crippen LogP contribution in [0.15, 0.2) is 0 Å². The molecule has 0 amide bonds. The molecule has 0 aliphatic rings. The van der Waals surface area contributed by atoms with Crippen molar-refractivity contribution >= 4 is 8.80 Å². The van der Waals surface area contributed by atoms with Crippen molar-refractivity contribution in [1.29, 1.82) is 0 Å². The summed E-state index contributed by atoms with van der Waals surface area (Å²) in [6.45, 7) is 8.12. The smallest absolute Gasteiger partial charge is 0.374 e. The van der Waals surface area contributed by atoms with Gasteiger partial charge < -0.3 is 18.5 Å². The molecule has 5 nitrogen and oxygen atoms in total. The molecule has 0 aromatic rings. The molecule has 0 unspecified atom stereocenters. The number of hydrogen-bond acceptors (Lipinski definition) is 5. The van der Waals surface area contributed by atoms with Gasteiger partial charge in [0.05, 0.1) is 0 Å². The molecule has 6 heteroatoms. The van der Waals surface area contributed by atoms with Crippen LogP contribution < -0.4 is 5.48 Å². The standard InChI is InChI=1S/C9H23NO4Si/c1-4-12-15(13-5-2,14-6-3)9-7-8-10-11/h10-11H,4-9H2,1-3H3. The van der Waals surface area contributed by atoms with Gasteiger partial charge in [-0.1, -0.05) is 0 Å². The SMILES string of the molecule is CCO[Si](CCCNO)(OCC)OCC. The molecule has 0 bridgehead atoms. The zero-order chi connectivity index (χ0) is 11.6. The van der Waals surface area contributed by atoms with E-state index in [0.29, 0.717) is 26.4 Å². The lowest BCUT2D eigenvalue weighted by Gasteiger charge is -2.28. The minimum Gasteiger partial charge on any atom is -0.374 e. The maximum atomic E-state index is 8.50. The van der Waals surface area contributed by atoms with Gasteiger partial charge in [-0.3, -0.25) is 0 Å². The average Bonchev–Trinajstić information content (AvgIpc) is 2.19. The maximum Gasteiger partial charge on any atom is 0.500 e. The topological polar surface area (TPSA) is 60.0 Å². The summed E-state index contributed by atoms with van der Waals surface area (Å²) in [6.07, 6.45) is 0.780. The fourth-order valence-electron chi connectivity index (χ4n) is 1.39. The summed E-state index contributed by atoms with van der Waals surface area (Å²) in [6, 6.07) is 0.732. The van der Waals surface area contributed by atoms with E-state index in [4.69, 9.17) is 18.5 Å². The molecule has 0 aliphatic heterocycles. The molecule has 0 saturated heterocycles. The van der Waals surface area contributed by atoms with E-state index in [1.165, 1.54) is 0 Å². The highest BCUT2D eigenvalue weighted by atomic mass is 28.4. The third-order valence-corrected chi connectivity index (χ3v) is 5.02. The molecule has 0 aliphatic carbocycles. The van der Waals surface area contributed by atoms with Gasteiger partial charge in [-0.25, -0.2) is 5.48 Å². The molecule has 2 N–H and O–H groups in total. The molecule has 0 fully saturated rings. The van der Waals surface area contributed by atoms with Gasteiger partial charge in [0.1, 0.15) is 0 Å². The maximum absolute atomic E-state index is 8.50. The first kappa shape index (κ1) is 15.0. The number of rotatable bonds is 10. The first-order chi connectivity index (χ1) is 7.24. The first-order valence-corrected chi connectivity index (χ1v) is 7.46. The highest BCUT2D eigenvalue weighted by Gasteiger charge is 2.39. The lowest BCUT2D eigenvalue weighted by atomic mass is 10.5. The first-order valence-electron chi connectivity index (χ1n) is 5.53. The normalized spacial score (nSPS) is 12.0.